The van der Waals surface area contributed by atoms with E-state index in [1.54, 1.807) is 12.4 Å². The minimum atomic E-state index is -0.149. The van der Waals surface area contributed by atoms with E-state index in [2.05, 4.69) is 27.6 Å². The van der Waals surface area contributed by atoms with Crippen molar-refractivity contribution in [3.8, 4) is 0 Å². The molecule has 1 amide bonds. The Balaban J connectivity index is 1.40. The fourth-order valence-corrected chi connectivity index (χ4v) is 3.74. The number of thioether (sulfide) groups is 1. The molecule has 4 nitrogen and oxygen atoms in total. The van der Waals surface area contributed by atoms with Crippen molar-refractivity contribution in [2.75, 3.05) is 5.75 Å². The van der Waals surface area contributed by atoms with Gasteiger partial charge >= 0.3 is 0 Å². The third-order valence-corrected chi connectivity index (χ3v) is 5.22. The molecule has 0 saturated carbocycles. The number of rotatable bonds is 5. The molecule has 0 radical (unpaired) electrons. The molecular weight excluding hydrogens is 354 g/mol. The SMILES string of the molecule is O=C(CSc1cccc2cccnc12)NN=Cc1cccc2ccccc12. The molecule has 0 fully saturated rings. The number of para-hydroxylation sites is 1. The second kappa shape index (κ2) is 8.01. The summed E-state index contributed by atoms with van der Waals surface area (Å²) in [7, 11) is 0. The summed E-state index contributed by atoms with van der Waals surface area (Å²) in [6, 6.07) is 24.0. The first-order valence-corrected chi connectivity index (χ1v) is 9.56. The van der Waals surface area contributed by atoms with Gasteiger partial charge < -0.3 is 0 Å². The lowest BCUT2D eigenvalue weighted by Crippen LogP contribution is -2.19. The highest BCUT2D eigenvalue weighted by Crippen LogP contribution is 2.25. The third kappa shape index (κ3) is 3.99. The van der Waals surface area contributed by atoms with Gasteiger partial charge in [0, 0.05) is 22.0 Å². The number of nitrogens with one attached hydrogen (secondary N) is 1. The Morgan fingerprint density at radius 3 is 2.70 bits per heavy atom. The van der Waals surface area contributed by atoms with Crippen molar-refractivity contribution in [2.24, 2.45) is 5.10 Å². The summed E-state index contributed by atoms with van der Waals surface area (Å²) in [4.78, 5) is 17.5. The predicted molar refractivity (Wildman–Crippen MR) is 112 cm³/mol. The van der Waals surface area contributed by atoms with E-state index in [1.165, 1.54) is 11.8 Å². The van der Waals surface area contributed by atoms with Crippen LogP contribution in [-0.2, 0) is 4.79 Å². The Kier molecular flexibility index (Phi) is 5.12. The molecule has 0 aliphatic carbocycles. The molecule has 0 aliphatic rings. The van der Waals surface area contributed by atoms with Crippen LogP contribution in [0.15, 0.2) is 89.0 Å². The average molecular weight is 371 g/mol. The maximum atomic E-state index is 12.1. The number of pyridine rings is 1. The van der Waals surface area contributed by atoms with Gasteiger partial charge in [0.15, 0.2) is 0 Å². The van der Waals surface area contributed by atoms with E-state index in [1.807, 2.05) is 60.7 Å². The Hall–Kier alpha value is -3.18. The first-order valence-electron chi connectivity index (χ1n) is 8.57. The Morgan fingerprint density at radius 2 is 1.74 bits per heavy atom. The van der Waals surface area contributed by atoms with E-state index in [0.717, 1.165) is 32.1 Å². The topological polar surface area (TPSA) is 54.4 Å². The number of hydrogen-bond donors (Lipinski definition) is 1. The summed E-state index contributed by atoms with van der Waals surface area (Å²) in [6.07, 6.45) is 3.45. The highest BCUT2D eigenvalue weighted by Gasteiger charge is 2.06. The molecule has 1 N–H and O–H groups in total. The number of nitrogens with zero attached hydrogens (tertiary/aromatic N) is 2. The Labute approximate surface area is 161 Å². The van der Waals surface area contributed by atoms with Crippen LogP contribution in [0, 0.1) is 0 Å². The standard InChI is InChI=1S/C22H17N3OS/c26-21(15-27-20-12-4-8-17-10-5-13-23-22(17)20)25-24-14-18-9-3-7-16-6-1-2-11-19(16)18/h1-14H,15H2,(H,25,26). The maximum Gasteiger partial charge on any atom is 0.250 e. The van der Waals surface area contributed by atoms with Crippen LogP contribution in [0.3, 0.4) is 0 Å². The number of fused-ring (bicyclic) bond motifs is 2. The zero-order valence-corrected chi connectivity index (χ0v) is 15.3. The van der Waals surface area contributed by atoms with Gasteiger partial charge in [-0.2, -0.15) is 5.10 Å². The van der Waals surface area contributed by atoms with Crippen molar-refractivity contribution in [2.45, 2.75) is 4.90 Å². The van der Waals surface area contributed by atoms with Crippen molar-refractivity contribution in [3.63, 3.8) is 0 Å². The monoisotopic (exact) mass is 371 g/mol. The second-order valence-corrected chi connectivity index (χ2v) is 7.00. The number of hydrogen-bond acceptors (Lipinski definition) is 4. The van der Waals surface area contributed by atoms with Crippen LogP contribution in [0.25, 0.3) is 21.7 Å². The second-order valence-electron chi connectivity index (χ2n) is 5.98. The fraction of sp³-hybridized carbons (Fsp3) is 0.0455. The Bertz CT molecular complexity index is 1130. The molecule has 0 aliphatic heterocycles. The van der Waals surface area contributed by atoms with Crippen LogP contribution in [-0.4, -0.2) is 22.9 Å². The van der Waals surface area contributed by atoms with E-state index < -0.39 is 0 Å². The molecule has 0 spiro atoms. The minimum Gasteiger partial charge on any atom is -0.272 e. The highest BCUT2D eigenvalue weighted by atomic mass is 32.2. The number of carbonyl (C=O) groups excluding carboxylic acids is 1. The van der Waals surface area contributed by atoms with Crippen molar-refractivity contribution < 1.29 is 4.79 Å². The van der Waals surface area contributed by atoms with Gasteiger partial charge in [0.05, 0.1) is 17.5 Å². The van der Waals surface area contributed by atoms with Gasteiger partial charge in [0.1, 0.15) is 0 Å². The lowest BCUT2D eigenvalue weighted by atomic mass is 10.1. The molecule has 4 rings (SSSR count). The molecule has 0 unspecified atom stereocenters. The quantitative estimate of drug-likeness (QED) is 0.316. The molecule has 0 saturated heterocycles. The van der Waals surface area contributed by atoms with Gasteiger partial charge in [0.2, 0.25) is 5.91 Å². The maximum absolute atomic E-state index is 12.1. The Morgan fingerprint density at radius 1 is 0.963 bits per heavy atom. The van der Waals surface area contributed by atoms with Gasteiger partial charge in [-0.25, -0.2) is 5.43 Å². The number of hydrazone groups is 1. The molecule has 1 heterocycles. The fourth-order valence-electron chi connectivity index (χ4n) is 2.91. The number of amides is 1. The normalized spacial score (nSPS) is 11.3. The van der Waals surface area contributed by atoms with Gasteiger partial charge in [-0.1, -0.05) is 60.7 Å². The molecule has 5 heteroatoms. The van der Waals surface area contributed by atoms with Crippen molar-refractivity contribution in [1.82, 2.24) is 10.4 Å². The van der Waals surface area contributed by atoms with Crippen LogP contribution >= 0.6 is 11.8 Å². The van der Waals surface area contributed by atoms with Gasteiger partial charge in [-0.3, -0.25) is 9.78 Å². The lowest BCUT2D eigenvalue weighted by Gasteiger charge is -2.05. The van der Waals surface area contributed by atoms with Gasteiger partial charge in [-0.05, 0) is 22.9 Å². The molecule has 4 aromatic rings. The molecule has 0 atom stereocenters. The first kappa shape index (κ1) is 17.2. The smallest absolute Gasteiger partial charge is 0.250 e. The summed E-state index contributed by atoms with van der Waals surface area (Å²) in [6.45, 7) is 0. The number of carbonyl (C=O) groups is 1. The van der Waals surface area contributed by atoms with Crippen LogP contribution in [0.4, 0.5) is 0 Å². The summed E-state index contributed by atoms with van der Waals surface area (Å²) in [5.41, 5.74) is 4.49. The predicted octanol–water partition coefficient (Wildman–Crippen LogP) is 4.63. The van der Waals surface area contributed by atoms with Crippen LogP contribution in [0.5, 0.6) is 0 Å². The molecule has 3 aromatic carbocycles. The number of aromatic nitrogens is 1. The van der Waals surface area contributed by atoms with E-state index in [9.17, 15) is 4.79 Å². The highest BCUT2D eigenvalue weighted by molar-refractivity contribution is 8.00. The first-order chi connectivity index (χ1) is 13.3. The third-order valence-electron chi connectivity index (χ3n) is 4.17. The molecule has 132 valence electrons. The zero-order valence-electron chi connectivity index (χ0n) is 14.5. The molecule has 0 bridgehead atoms. The summed E-state index contributed by atoms with van der Waals surface area (Å²) < 4.78 is 0. The van der Waals surface area contributed by atoms with E-state index in [4.69, 9.17) is 0 Å². The van der Waals surface area contributed by atoms with E-state index in [-0.39, 0.29) is 11.7 Å². The minimum absolute atomic E-state index is 0.149. The lowest BCUT2D eigenvalue weighted by molar-refractivity contribution is -0.118. The zero-order chi connectivity index (χ0) is 18.5. The summed E-state index contributed by atoms with van der Waals surface area (Å²) in [5.74, 6) is 0.132. The largest absolute Gasteiger partial charge is 0.272 e. The summed E-state index contributed by atoms with van der Waals surface area (Å²) in [5, 5.41) is 7.43. The summed E-state index contributed by atoms with van der Waals surface area (Å²) >= 11 is 1.46. The van der Waals surface area contributed by atoms with E-state index in [0.29, 0.717) is 0 Å². The van der Waals surface area contributed by atoms with Crippen molar-refractivity contribution in [1.29, 1.82) is 0 Å². The van der Waals surface area contributed by atoms with Crippen molar-refractivity contribution in [3.05, 3.63) is 84.6 Å². The van der Waals surface area contributed by atoms with E-state index >= 15 is 0 Å². The number of benzene rings is 3. The molecular formula is C22H17N3OS. The van der Waals surface area contributed by atoms with Crippen LogP contribution < -0.4 is 5.43 Å². The molecule has 27 heavy (non-hydrogen) atoms. The van der Waals surface area contributed by atoms with Crippen LogP contribution in [0.1, 0.15) is 5.56 Å². The van der Waals surface area contributed by atoms with Crippen molar-refractivity contribution >= 4 is 45.6 Å². The van der Waals surface area contributed by atoms with Crippen LogP contribution in [0.2, 0.25) is 0 Å². The average Bonchev–Trinajstić information content (AvgIpc) is 2.72. The molecule has 1 aromatic heterocycles. The van der Waals surface area contributed by atoms with Gasteiger partial charge in [0.25, 0.3) is 0 Å². The van der Waals surface area contributed by atoms with Gasteiger partial charge in [-0.15, -0.1) is 11.8 Å².